The van der Waals surface area contributed by atoms with Gasteiger partial charge in [0.15, 0.2) is 5.76 Å². The number of ether oxygens (including phenoxy) is 1. The van der Waals surface area contributed by atoms with Crippen LogP contribution in [0, 0.1) is 5.92 Å². The predicted molar refractivity (Wildman–Crippen MR) is 203 cm³/mol. The Balaban J connectivity index is 1.87. The van der Waals surface area contributed by atoms with Crippen molar-refractivity contribution in [1.82, 2.24) is 0 Å². The average molecular weight is 641 g/mol. The largest absolute Gasteiger partial charge is 0.420 e. The van der Waals surface area contributed by atoms with Gasteiger partial charge < -0.3 is 4.74 Å². The van der Waals surface area contributed by atoms with E-state index in [1.165, 1.54) is 212 Å². The summed E-state index contributed by atoms with van der Waals surface area (Å²) in [6, 6.07) is 0. The van der Waals surface area contributed by atoms with Gasteiger partial charge in [0.1, 0.15) is 5.92 Å². The third-order valence-corrected chi connectivity index (χ3v) is 10.00. The average Bonchev–Trinajstić information content (AvgIpc) is 3.06. The first-order chi connectivity index (χ1) is 22.8. The molecule has 0 amide bonds. The van der Waals surface area contributed by atoms with Crippen LogP contribution in [0.5, 0.6) is 0 Å². The summed E-state index contributed by atoms with van der Waals surface area (Å²) in [5.41, 5.74) is 3.26. The topological polar surface area (TPSA) is 26.3 Å². The second-order valence-corrected chi connectivity index (χ2v) is 14.6. The summed E-state index contributed by atoms with van der Waals surface area (Å²) in [5.74, 6) is 0.421. The molecule has 46 heavy (non-hydrogen) atoms. The minimum Gasteiger partial charge on any atom is -0.420 e. The van der Waals surface area contributed by atoms with Crippen LogP contribution in [0.2, 0.25) is 0 Å². The zero-order valence-electron chi connectivity index (χ0n) is 31.4. The van der Waals surface area contributed by atoms with Crippen molar-refractivity contribution >= 4 is 5.97 Å². The summed E-state index contributed by atoms with van der Waals surface area (Å²) in [7, 11) is 0. The molecular formula is C44H80O2. The summed E-state index contributed by atoms with van der Waals surface area (Å²) in [6.07, 6.45) is 54.7. The van der Waals surface area contributed by atoms with Crippen LogP contribution in [0.3, 0.4) is 0 Å². The van der Waals surface area contributed by atoms with Gasteiger partial charge in [0.25, 0.3) is 0 Å². The number of hydrogen-bond acceptors (Lipinski definition) is 2. The number of cyclic esters (lactones) is 1. The van der Waals surface area contributed by atoms with Gasteiger partial charge in [-0.25, -0.2) is 0 Å². The van der Waals surface area contributed by atoms with Crippen LogP contribution >= 0.6 is 0 Å². The van der Waals surface area contributed by atoms with Gasteiger partial charge >= 0.3 is 5.97 Å². The molecule has 2 nitrogen and oxygen atoms in total. The van der Waals surface area contributed by atoms with Crippen LogP contribution < -0.4 is 0 Å². The molecule has 0 aromatic rings. The van der Waals surface area contributed by atoms with Gasteiger partial charge in [-0.3, -0.25) is 4.79 Å². The normalized spacial score (nSPS) is 14.5. The molecule has 0 aromatic heterocycles. The van der Waals surface area contributed by atoms with Crippen LogP contribution in [0.15, 0.2) is 29.7 Å². The lowest BCUT2D eigenvalue weighted by Gasteiger charge is -2.23. The third kappa shape index (κ3) is 27.8. The fraction of sp³-hybridized carbons (Fsp3) is 0.864. The Morgan fingerprint density at radius 3 is 1.09 bits per heavy atom. The zero-order chi connectivity index (χ0) is 33.0. The number of rotatable bonds is 36. The van der Waals surface area contributed by atoms with Crippen molar-refractivity contribution in [2.45, 2.75) is 239 Å². The second kappa shape index (κ2) is 35.0. The van der Waals surface area contributed by atoms with Crippen LogP contribution in [-0.4, -0.2) is 5.97 Å². The third-order valence-electron chi connectivity index (χ3n) is 10.00. The van der Waals surface area contributed by atoms with Crippen molar-refractivity contribution in [2.75, 3.05) is 0 Å². The molecule has 268 valence electrons. The highest BCUT2D eigenvalue weighted by Gasteiger charge is 2.35. The quantitative estimate of drug-likeness (QED) is 0.0295. The maximum atomic E-state index is 11.9. The molecule has 0 saturated carbocycles. The fourth-order valence-corrected chi connectivity index (χ4v) is 6.76. The minimum absolute atomic E-state index is 0.114. The lowest BCUT2D eigenvalue weighted by molar-refractivity contribution is -0.153. The van der Waals surface area contributed by atoms with Crippen LogP contribution in [0.1, 0.15) is 239 Å². The van der Waals surface area contributed by atoms with Crippen molar-refractivity contribution in [3.63, 3.8) is 0 Å². The first-order valence-corrected chi connectivity index (χ1v) is 21.1. The van der Waals surface area contributed by atoms with Crippen LogP contribution in [0.25, 0.3) is 0 Å². The van der Waals surface area contributed by atoms with Gasteiger partial charge in [0.05, 0.1) is 0 Å². The molecule has 1 heterocycles. The van der Waals surface area contributed by atoms with Gasteiger partial charge in [-0.2, -0.15) is 0 Å². The van der Waals surface area contributed by atoms with Crippen molar-refractivity contribution in [3.8, 4) is 0 Å². The predicted octanol–water partition coefficient (Wildman–Crippen LogP) is 15.4. The smallest absolute Gasteiger partial charge is 0.326 e. The lowest BCUT2D eigenvalue weighted by atomic mass is 10.0. The number of unbranched alkanes of at least 4 members (excludes halogenated alkanes) is 33. The van der Waals surface area contributed by atoms with Crippen molar-refractivity contribution < 1.29 is 9.53 Å². The summed E-state index contributed by atoms with van der Waals surface area (Å²) < 4.78 is 5.26. The minimum atomic E-state index is -0.187. The highest BCUT2D eigenvalue weighted by molar-refractivity contribution is 5.84. The summed E-state index contributed by atoms with van der Waals surface area (Å²) in [4.78, 5) is 11.9. The van der Waals surface area contributed by atoms with Gasteiger partial charge in [-0.15, -0.1) is 0 Å². The van der Waals surface area contributed by atoms with Gasteiger partial charge in [-0.1, -0.05) is 231 Å². The molecule has 1 rings (SSSR count). The van der Waals surface area contributed by atoms with Gasteiger partial charge in [0.2, 0.25) is 0 Å². The summed E-state index contributed by atoms with van der Waals surface area (Å²) in [6.45, 7) is 4.59. The molecule has 1 unspecified atom stereocenters. The van der Waals surface area contributed by atoms with E-state index in [1.54, 1.807) is 0 Å². The molecule has 1 aliphatic rings. The first kappa shape index (κ1) is 42.8. The molecule has 1 atom stereocenters. The molecular weight excluding hydrogens is 560 g/mol. The molecule has 0 aromatic carbocycles. The molecule has 0 spiro atoms. The van der Waals surface area contributed by atoms with E-state index in [0.717, 1.165) is 18.6 Å². The lowest BCUT2D eigenvalue weighted by Crippen LogP contribution is -2.30. The van der Waals surface area contributed by atoms with Gasteiger partial charge in [0, 0.05) is 0 Å². The van der Waals surface area contributed by atoms with Crippen LogP contribution in [-0.2, 0) is 9.53 Å². The van der Waals surface area contributed by atoms with Crippen LogP contribution in [0.4, 0.5) is 0 Å². The van der Waals surface area contributed by atoms with E-state index in [0.29, 0.717) is 0 Å². The standard InChI is InChI=1S/C44H80O2/c1-3-5-7-9-11-13-15-17-19-21-23-25-27-29-31-33-35-37-39-41-43-42(44(45)46-43)40-38-36-34-32-30-28-26-24-22-20-18-16-14-12-10-8-6-4-2/h38-40,42H,3-37H2,1-2H3/b40-38+. The Labute approximate surface area is 289 Å². The molecule has 0 aliphatic carbocycles. The number of hydrogen-bond donors (Lipinski definition) is 0. The number of carbonyl (C=O) groups is 1. The van der Waals surface area contributed by atoms with E-state index < -0.39 is 0 Å². The Bertz CT molecular complexity index is 743. The van der Waals surface area contributed by atoms with Crippen molar-refractivity contribution in [2.24, 2.45) is 5.92 Å². The molecule has 0 N–H and O–H groups in total. The van der Waals surface area contributed by atoms with E-state index in [1.807, 2.05) is 6.08 Å². The monoisotopic (exact) mass is 641 g/mol. The Morgan fingerprint density at radius 1 is 0.457 bits per heavy atom. The maximum absolute atomic E-state index is 11.9. The zero-order valence-corrected chi connectivity index (χ0v) is 31.4. The van der Waals surface area contributed by atoms with E-state index in [4.69, 9.17) is 4.74 Å². The fourth-order valence-electron chi connectivity index (χ4n) is 6.76. The Hall–Kier alpha value is -1.27. The molecule has 2 heteroatoms. The summed E-state index contributed by atoms with van der Waals surface area (Å²) >= 11 is 0. The van der Waals surface area contributed by atoms with E-state index in [-0.39, 0.29) is 11.9 Å². The van der Waals surface area contributed by atoms with E-state index in [2.05, 4.69) is 31.7 Å². The molecule has 1 fully saturated rings. The highest BCUT2D eigenvalue weighted by Crippen LogP contribution is 2.27. The Morgan fingerprint density at radius 2 is 0.761 bits per heavy atom. The Kier molecular flexibility index (Phi) is 32.6. The van der Waals surface area contributed by atoms with Gasteiger partial charge in [-0.05, 0) is 31.8 Å². The number of carbonyl (C=O) groups excluding carboxylic acids is 1. The first-order valence-electron chi connectivity index (χ1n) is 21.1. The number of esters is 1. The molecule has 1 saturated heterocycles. The van der Waals surface area contributed by atoms with Crippen molar-refractivity contribution in [3.05, 3.63) is 29.7 Å². The molecule has 0 radical (unpaired) electrons. The number of allylic oxidation sites excluding steroid dienone is 1. The molecule has 0 bridgehead atoms. The maximum Gasteiger partial charge on any atom is 0.326 e. The second-order valence-electron chi connectivity index (χ2n) is 14.6. The SMILES string of the molecule is CCCCCCCCCCCCCCCCCC/C=C/C1C(=O)OC1=C=CCCCCCCCCCCCCCCCCCCC. The van der Waals surface area contributed by atoms with E-state index >= 15 is 0 Å². The summed E-state index contributed by atoms with van der Waals surface area (Å²) in [5, 5.41) is 0. The molecule has 1 aliphatic heterocycles. The highest BCUT2D eigenvalue weighted by atomic mass is 16.6. The van der Waals surface area contributed by atoms with E-state index in [9.17, 15) is 4.79 Å². The van der Waals surface area contributed by atoms with Crippen molar-refractivity contribution in [1.29, 1.82) is 0 Å².